The number of halogens is 1. The zero-order chi connectivity index (χ0) is 24.1. The van der Waals surface area contributed by atoms with Gasteiger partial charge in [-0.1, -0.05) is 23.7 Å². The number of ether oxygens (including phenoxy) is 2. The number of hydrogen-bond donors (Lipinski definition) is 2. The number of imide groups is 2. The first-order valence-electron chi connectivity index (χ1n) is 9.58. The molecule has 0 aromatic heterocycles. The molecule has 1 fully saturated rings. The van der Waals surface area contributed by atoms with Crippen LogP contribution in [0.15, 0.2) is 54.6 Å². The smallest absolute Gasteiger partial charge is 0.341 e. The molecule has 33 heavy (non-hydrogen) atoms. The lowest BCUT2D eigenvalue weighted by atomic mass is 10.0. The van der Waals surface area contributed by atoms with Gasteiger partial charge in [0.15, 0.2) is 18.1 Å². The molecule has 4 amide bonds. The molecule has 9 nitrogen and oxygen atoms in total. The Hall–Kier alpha value is -4.11. The Kier molecular flexibility index (Phi) is 7.14. The molecule has 10 heteroatoms. The van der Waals surface area contributed by atoms with E-state index in [-0.39, 0.29) is 22.8 Å². The molecular formula is C23H19ClN2O7. The molecule has 0 spiro atoms. The molecule has 1 saturated heterocycles. The van der Waals surface area contributed by atoms with Crippen molar-refractivity contribution in [3.8, 4) is 11.5 Å². The molecule has 2 aromatic rings. The van der Waals surface area contributed by atoms with Crippen molar-refractivity contribution in [2.45, 2.75) is 6.42 Å². The molecule has 0 saturated carbocycles. The predicted octanol–water partition coefficient (Wildman–Crippen LogP) is 3.21. The number of benzene rings is 2. The SMILES string of the molecule is C=CCc1cc(/C=C2\C(=O)NC(=O)N(c3cccc(Cl)c3)C2=O)cc(OC)c1OCC(=O)O. The zero-order valence-corrected chi connectivity index (χ0v) is 18.2. The van der Waals surface area contributed by atoms with Crippen molar-refractivity contribution in [1.82, 2.24) is 5.32 Å². The fourth-order valence-corrected chi connectivity index (χ4v) is 3.38. The summed E-state index contributed by atoms with van der Waals surface area (Å²) >= 11 is 5.97. The van der Waals surface area contributed by atoms with E-state index >= 15 is 0 Å². The summed E-state index contributed by atoms with van der Waals surface area (Å²) < 4.78 is 10.7. The number of allylic oxidation sites excluding steroid dienone is 1. The van der Waals surface area contributed by atoms with Crippen LogP contribution in [0.2, 0.25) is 5.02 Å². The number of carbonyl (C=O) groups excluding carboxylic acids is 3. The maximum absolute atomic E-state index is 13.1. The summed E-state index contributed by atoms with van der Waals surface area (Å²) in [5.41, 5.74) is 0.834. The van der Waals surface area contributed by atoms with Gasteiger partial charge in [-0.2, -0.15) is 0 Å². The predicted molar refractivity (Wildman–Crippen MR) is 120 cm³/mol. The largest absolute Gasteiger partial charge is 0.493 e. The van der Waals surface area contributed by atoms with Gasteiger partial charge in [0.2, 0.25) is 0 Å². The second kappa shape index (κ2) is 10.0. The van der Waals surface area contributed by atoms with E-state index in [1.54, 1.807) is 24.3 Å². The average Bonchev–Trinajstić information content (AvgIpc) is 2.75. The minimum absolute atomic E-state index is 0.200. The number of methoxy groups -OCH3 is 1. The van der Waals surface area contributed by atoms with E-state index in [0.29, 0.717) is 22.6 Å². The van der Waals surface area contributed by atoms with Crippen LogP contribution in [0.4, 0.5) is 10.5 Å². The third-order valence-electron chi connectivity index (χ3n) is 4.56. The topological polar surface area (TPSA) is 122 Å². The number of nitrogens with zero attached hydrogens (tertiary/aromatic N) is 1. The number of barbiturate groups is 1. The molecule has 1 aliphatic heterocycles. The number of amides is 4. The third-order valence-corrected chi connectivity index (χ3v) is 4.79. The van der Waals surface area contributed by atoms with E-state index in [9.17, 15) is 19.2 Å². The average molecular weight is 471 g/mol. The van der Waals surface area contributed by atoms with E-state index in [1.807, 2.05) is 0 Å². The van der Waals surface area contributed by atoms with Crippen molar-refractivity contribution in [2.24, 2.45) is 0 Å². The van der Waals surface area contributed by atoms with Gasteiger partial charge < -0.3 is 14.6 Å². The first kappa shape index (κ1) is 23.6. The maximum Gasteiger partial charge on any atom is 0.341 e. The van der Waals surface area contributed by atoms with Crippen molar-refractivity contribution in [1.29, 1.82) is 0 Å². The number of anilines is 1. The van der Waals surface area contributed by atoms with Crippen molar-refractivity contribution in [3.05, 3.63) is 70.8 Å². The summed E-state index contributed by atoms with van der Waals surface area (Å²) in [6.45, 7) is 3.09. The lowest BCUT2D eigenvalue weighted by molar-refractivity contribution is -0.139. The van der Waals surface area contributed by atoms with Crippen LogP contribution in [0.25, 0.3) is 6.08 Å². The van der Waals surface area contributed by atoms with Gasteiger partial charge in [-0.3, -0.25) is 14.9 Å². The van der Waals surface area contributed by atoms with E-state index in [1.165, 1.54) is 31.4 Å². The molecular weight excluding hydrogens is 452 g/mol. The van der Waals surface area contributed by atoms with Gasteiger partial charge in [0.25, 0.3) is 11.8 Å². The number of aliphatic carboxylic acids is 1. The van der Waals surface area contributed by atoms with Crippen LogP contribution in [0, 0.1) is 0 Å². The summed E-state index contributed by atoms with van der Waals surface area (Å²) in [5.74, 6) is -2.45. The Morgan fingerprint density at radius 1 is 1.24 bits per heavy atom. The fraction of sp³-hybridized carbons (Fsp3) is 0.130. The Morgan fingerprint density at radius 2 is 2.00 bits per heavy atom. The van der Waals surface area contributed by atoms with Gasteiger partial charge >= 0.3 is 12.0 Å². The second-order valence-corrected chi connectivity index (χ2v) is 7.26. The van der Waals surface area contributed by atoms with Crippen LogP contribution in [-0.2, 0) is 20.8 Å². The highest BCUT2D eigenvalue weighted by Crippen LogP contribution is 2.35. The van der Waals surface area contributed by atoms with Crippen LogP contribution in [0.5, 0.6) is 11.5 Å². The van der Waals surface area contributed by atoms with Gasteiger partial charge in [0.1, 0.15) is 5.57 Å². The second-order valence-electron chi connectivity index (χ2n) is 6.82. The molecule has 2 N–H and O–H groups in total. The third kappa shape index (κ3) is 5.21. The lowest BCUT2D eigenvalue weighted by Gasteiger charge is -2.26. The molecule has 1 aliphatic rings. The quantitative estimate of drug-likeness (QED) is 0.345. The Labute approximate surface area is 193 Å². The molecule has 0 unspecified atom stereocenters. The highest BCUT2D eigenvalue weighted by molar-refractivity contribution is 6.39. The minimum atomic E-state index is -1.16. The number of hydrogen-bond acceptors (Lipinski definition) is 6. The highest BCUT2D eigenvalue weighted by atomic mass is 35.5. The van der Waals surface area contributed by atoms with Gasteiger partial charge in [-0.05, 0) is 48.4 Å². The van der Waals surface area contributed by atoms with Crippen molar-refractivity contribution < 1.29 is 33.8 Å². The van der Waals surface area contributed by atoms with Crippen LogP contribution < -0.4 is 19.7 Å². The van der Waals surface area contributed by atoms with E-state index < -0.39 is 30.4 Å². The fourth-order valence-electron chi connectivity index (χ4n) is 3.20. The first-order valence-corrected chi connectivity index (χ1v) is 9.96. The van der Waals surface area contributed by atoms with Crippen molar-refractivity contribution in [2.75, 3.05) is 18.6 Å². The number of carbonyl (C=O) groups is 4. The minimum Gasteiger partial charge on any atom is -0.493 e. The number of nitrogens with one attached hydrogen (secondary N) is 1. The molecule has 0 aliphatic carbocycles. The summed E-state index contributed by atoms with van der Waals surface area (Å²) in [4.78, 5) is 49.6. The van der Waals surface area contributed by atoms with Crippen LogP contribution in [-0.4, -0.2) is 42.6 Å². The van der Waals surface area contributed by atoms with Gasteiger partial charge in [-0.25, -0.2) is 14.5 Å². The van der Waals surface area contributed by atoms with Crippen molar-refractivity contribution in [3.63, 3.8) is 0 Å². The molecule has 1 heterocycles. The van der Waals surface area contributed by atoms with Crippen LogP contribution >= 0.6 is 11.6 Å². The summed E-state index contributed by atoms with van der Waals surface area (Å²) in [5, 5.41) is 11.4. The monoisotopic (exact) mass is 470 g/mol. The van der Waals surface area contributed by atoms with Gasteiger partial charge in [-0.15, -0.1) is 6.58 Å². The molecule has 0 bridgehead atoms. The first-order chi connectivity index (χ1) is 15.7. The van der Waals surface area contributed by atoms with Crippen LogP contribution in [0.1, 0.15) is 11.1 Å². The highest BCUT2D eigenvalue weighted by Gasteiger charge is 2.37. The Morgan fingerprint density at radius 3 is 2.64 bits per heavy atom. The summed E-state index contributed by atoms with van der Waals surface area (Å²) in [6.07, 6.45) is 3.19. The van der Waals surface area contributed by atoms with E-state index in [0.717, 1.165) is 4.90 Å². The maximum atomic E-state index is 13.1. The molecule has 0 radical (unpaired) electrons. The Balaban J connectivity index is 2.06. The molecule has 3 rings (SSSR count). The van der Waals surface area contributed by atoms with E-state index in [4.69, 9.17) is 26.2 Å². The number of carboxylic acids is 1. The standard InChI is InChI=1S/C23H19ClN2O7/c1-3-5-14-8-13(10-18(32-2)20(14)33-12-19(27)28)9-17-21(29)25-23(31)26(22(17)30)16-7-4-6-15(24)11-16/h3-4,6-11H,1,5,12H2,2H3,(H,27,28)(H,25,29,31)/b17-9+. The number of urea groups is 1. The van der Waals surface area contributed by atoms with Gasteiger partial charge in [0.05, 0.1) is 12.8 Å². The van der Waals surface area contributed by atoms with Crippen LogP contribution in [0.3, 0.4) is 0 Å². The van der Waals surface area contributed by atoms with E-state index in [2.05, 4.69) is 11.9 Å². The molecule has 170 valence electrons. The van der Waals surface area contributed by atoms with Crippen molar-refractivity contribution >= 4 is 47.2 Å². The Bertz CT molecular complexity index is 1190. The zero-order valence-electron chi connectivity index (χ0n) is 17.5. The number of carboxylic acid groups (broad SMARTS) is 1. The summed E-state index contributed by atoms with van der Waals surface area (Å²) in [7, 11) is 1.37. The molecule has 0 atom stereocenters. The van der Waals surface area contributed by atoms with Gasteiger partial charge in [0, 0.05) is 10.6 Å². The summed E-state index contributed by atoms with van der Waals surface area (Å²) in [6, 6.07) is 8.28. The normalized spacial score (nSPS) is 14.8. The molecule has 2 aromatic carbocycles. The lowest BCUT2D eigenvalue weighted by Crippen LogP contribution is -2.54. The number of rotatable bonds is 8.